The van der Waals surface area contributed by atoms with Crippen molar-refractivity contribution in [1.82, 2.24) is 9.80 Å². The van der Waals surface area contributed by atoms with Crippen molar-refractivity contribution in [2.75, 3.05) is 39.4 Å². The number of benzene rings is 1. The Hall–Kier alpha value is -1.86. The number of nitrogens with zero attached hydrogens (tertiary/aromatic N) is 2. The van der Waals surface area contributed by atoms with E-state index in [1.54, 1.807) is 0 Å². The number of piperazine rings is 1. The fourth-order valence-electron chi connectivity index (χ4n) is 2.45. The molecule has 2 amide bonds. The van der Waals surface area contributed by atoms with Crippen LogP contribution in [0.15, 0.2) is 18.2 Å². The van der Waals surface area contributed by atoms with Gasteiger partial charge < -0.3 is 19.3 Å². The number of carbonyl (C=O) groups is 2. The van der Waals surface area contributed by atoms with Gasteiger partial charge in [0.25, 0.3) is 5.91 Å². The van der Waals surface area contributed by atoms with Crippen molar-refractivity contribution in [1.29, 1.82) is 0 Å². The Morgan fingerprint density at radius 3 is 2.39 bits per heavy atom. The largest absolute Gasteiger partial charge is 0.441 e. The Bertz CT molecular complexity index is 595. The molecule has 0 N–H and O–H groups in total. The third kappa shape index (κ3) is 3.40. The molecule has 0 saturated carbocycles. The minimum absolute atomic E-state index is 0.0850. The first kappa shape index (κ1) is 16.0. The van der Waals surface area contributed by atoms with E-state index in [0.717, 1.165) is 0 Å². The molecule has 2 heterocycles. The summed E-state index contributed by atoms with van der Waals surface area (Å²) >= 11 is 5.92. The molecule has 124 valence electrons. The summed E-state index contributed by atoms with van der Waals surface area (Å²) in [7, 11) is 0. The van der Waals surface area contributed by atoms with Crippen molar-refractivity contribution >= 4 is 23.6 Å². The maximum absolute atomic E-state index is 13.8. The molecule has 1 aromatic carbocycles. The van der Waals surface area contributed by atoms with Crippen LogP contribution in [0.2, 0.25) is 5.02 Å². The molecule has 2 saturated heterocycles. The molecule has 0 radical (unpaired) electrons. The Balaban J connectivity index is 1.58. The lowest BCUT2D eigenvalue weighted by Crippen LogP contribution is -2.52. The van der Waals surface area contributed by atoms with Gasteiger partial charge in [-0.1, -0.05) is 17.7 Å². The fraction of sp³-hybridized carbons (Fsp3) is 0.467. The smallest absolute Gasteiger partial charge is 0.410 e. The minimum atomic E-state index is -0.644. The molecule has 3 rings (SSSR count). The number of halogens is 2. The Labute approximate surface area is 137 Å². The molecule has 8 heteroatoms. The zero-order chi connectivity index (χ0) is 16.4. The van der Waals surface area contributed by atoms with Crippen LogP contribution in [-0.4, -0.2) is 67.3 Å². The molecule has 2 fully saturated rings. The Morgan fingerprint density at radius 1 is 1.17 bits per heavy atom. The second-order valence-electron chi connectivity index (χ2n) is 5.42. The normalized spacial score (nSPS) is 18.5. The van der Waals surface area contributed by atoms with Crippen molar-refractivity contribution in [3.8, 4) is 0 Å². The van der Waals surface area contributed by atoms with Gasteiger partial charge in [-0.15, -0.1) is 0 Å². The van der Waals surface area contributed by atoms with Crippen LogP contribution in [0.3, 0.4) is 0 Å². The highest BCUT2D eigenvalue weighted by molar-refractivity contribution is 6.33. The molecule has 2 aliphatic rings. The zero-order valence-corrected chi connectivity index (χ0v) is 13.1. The van der Waals surface area contributed by atoms with Gasteiger partial charge >= 0.3 is 6.09 Å². The van der Waals surface area contributed by atoms with Gasteiger partial charge in [-0.05, 0) is 12.1 Å². The van der Waals surface area contributed by atoms with Crippen LogP contribution in [-0.2, 0) is 9.47 Å². The number of rotatable bonds is 2. The molecule has 0 spiro atoms. The molecule has 0 unspecified atom stereocenters. The molecular formula is C15H16ClFN2O4. The summed E-state index contributed by atoms with van der Waals surface area (Å²) in [6.07, 6.45) is -0.589. The van der Waals surface area contributed by atoms with E-state index in [2.05, 4.69) is 0 Å². The van der Waals surface area contributed by atoms with E-state index < -0.39 is 17.8 Å². The second kappa shape index (κ2) is 6.72. The average Bonchev–Trinajstić information content (AvgIpc) is 2.50. The topological polar surface area (TPSA) is 59.1 Å². The third-order valence-electron chi connectivity index (χ3n) is 3.88. The van der Waals surface area contributed by atoms with E-state index in [0.29, 0.717) is 39.4 Å². The molecule has 0 atom stereocenters. The number of ether oxygens (including phenoxy) is 2. The lowest BCUT2D eigenvalue weighted by atomic mass is 10.1. The first-order valence-electron chi connectivity index (χ1n) is 7.33. The van der Waals surface area contributed by atoms with Gasteiger partial charge in [0.05, 0.1) is 23.8 Å². The van der Waals surface area contributed by atoms with Crippen molar-refractivity contribution in [2.24, 2.45) is 0 Å². The molecule has 0 bridgehead atoms. The van der Waals surface area contributed by atoms with Gasteiger partial charge in [0, 0.05) is 26.2 Å². The summed E-state index contributed by atoms with van der Waals surface area (Å²) in [5.74, 6) is -1.11. The number of carbonyl (C=O) groups excluding carboxylic acids is 2. The van der Waals surface area contributed by atoms with Gasteiger partial charge in [-0.25, -0.2) is 9.18 Å². The first-order chi connectivity index (χ1) is 11.1. The van der Waals surface area contributed by atoms with Gasteiger partial charge in [-0.2, -0.15) is 0 Å². The standard InChI is InChI=1S/C15H16ClFN2O4/c16-11-2-1-3-12(17)13(11)14(20)18-4-6-19(7-5-18)15(21)23-10-8-22-9-10/h1-3,10H,4-9H2. The molecule has 0 aromatic heterocycles. The fourth-order valence-corrected chi connectivity index (χ4v) is 2.70. The number of amides is 2. The maximum atomic E-state index is 13.8. The summed E-state index contributed by atoms with van der Waals surface area (Å²) in [6.45, 7) is 2.14. The molecule has 2 aliphatic heterocycles. The minimum Gasteiger partial charge on any atom is -0.441 e. The highest BCUT2D eigenvalue weighted by Gasteiger charge is 2.30. The van der Waals surface area contributed by atoms with E-state index in [-0.39, 0.29) is 16.7 Å². The summed E-state index contributed by atoms with van der Waals surface area (Å²) in [4.78, 5) is 27.3. The summed E-state index contributed by atoms with van der Waals surface area (Å²) in [5.41, 5.74) is -0.128. The second-order valence-corrected chi connectivity index (χ2v) is 5.83. The quantitative estimate of drug-likeness (QED) is 0.822. The van der Waals surface area contributed by atoms with Gasteiger partial charge in [0.2, 0.25) is 0 Å². The van der Waals surface area contributed by atoms with Crippen LogP contribution < -0.4 is 0 Å². The highest BCUT2D eigenvalue weighted by Crippen LogP contribution is 2.21. The lowest BCUT2D eigenvalue weighted by molar-refractivity contribution is -0.105. The van der Waals surface area contributed by atoms with Crippen LogP contribution in [0.4, 0.5) is 9.18 Å². The first-order valence-corrected chi connectivity index (χ1v) is 7.70. The summed E-state index contributed by atoms with van der Waals surface area (Å²) in [5, 5.41) is 0.0850. The number of hydrogen-bond donors (Lipinski definition) is 0. The predicted molar refractivity (Wildman–Crippen MR) is 80.0 cm³/mol. The Kier molecular flexibility index (Phi) is 4.68. The molecule has 23 heavy (non-hydrogen) atoms. The predicted octanol–water partition coefficient (Wildman–Crippen LogP) is 1.77. The van der Waals surface area contributed by atoms with Crippen LogP contribution >= 0.6 is 11.6 Å². The van der Waals surface area contributed by atoms with Crippen LogP contribution in [0.1, 0.15) is 10.4 Å². The van der Waals surface area contributed by atoms with Crippen molar-refractivity contribution < 1.29 is 23.5 Å². The average molecular weight is 343 g/mol. The van der Waals surface area contributed by atoms with E-state index in [4.69, 9.17) is 21.1 Å². The molecule has 0 aliphatic carbocycles. The van der Waals surface area contributed by atoms with E-state index >= 15 is 0 Å². The van der Waals surface area contributed by atoms with Crippen molar-refractivity contribution in [3.63, 3.8) is 0 Å². The zero-order valence-electron chi connectivity index (χ0n) is 12.3. The molecular weight excluding hydrogens is 327 g/mol. The Morgan fingerprint density at radius 2 is 1.83 bits per heavy atom. The van der Waals surface area contributed by atoms with Gasteiger partial charge in [0.1, 0.15) is 5.82 Å². The van der Waals surface area contributed by atoms with E-state index in [9.17, 15) is 14.0 Å². The van der Waals surface area contributed by atoms with Crippen molar-refractivity contribution in [2.45, 2.75) is 6.10 Å². The monoisotopic (exact) mass is 342 g/mol. The van der Waals surface area contributed by atoms with Crippen LogP contribution in [0.25, 0.3) is 0 Å². The van der Waals surface area contributed by atoms with E-state index in [1.165, 1.54) is 28.0 Å². The van der Waals surface area contributed by atoms with Crippen LogP contribution in [0.5, 0.6) is 0 Å². The maximum Gasteiger partial charge on any atom is 0.410 e. The number of hydrogen-bond acceptors (Lipinski definition) is 4. The third-order valence-corrected chi connectivity index (χ3v) is 4.19. The van der Waals surface area contributed by atoms with Crippen LogP contribution in [0, 0.1) is 5.82 Å². The lowest BCUT2D eigenvalue weighted by Gasteiger charge is -2.36. The molecule has 6 nitrogen and oxygen atoms in total. The SMILES string of the molecule is O=C(OC1COC1)N1CCN(C(=O)c2c(F)cccc2Cl)CC1. The van der Waals surface area contributed by atoms with Gasteiger partial charge in [0.15, 0.2) is 6.10 Å². The summed E-state index contributed by atoms with van der Waals surface area (Å²) < 4.78 is 24.0. The van der Waals surface area contributed by atoms with Gasteiger partial charge in [-0.3, -0.25) is 4.79 Å². The molecule has 1 aromatic rings. The van der Waals surface area contributed by atoms with Crippen molar-refractivity contribution in [3.05, 3.63) is 34.6 Å². The highest BCUT2D eigenvalue weighted by atomic mass is 35.5. The summed E-state index contributed by atoms with van der Waals surface area (Å²) in [6, 6.07) is 4.13. The van der Waals surface area contributed by atoms with E-state index in [1.807, 2.05) is 0 Å².